The van der Waals surface area contributed by atoms with Gasteiger partial charge >= 0.3 is 0 Å². The van der Waals surface area contributed by atoms with Crippen molar-refractivity contribution in [3.8, 4) is 0 Å². The molecule has 1 aliphatic carbocycles. The molecule has 1 saturated carbocycles. The molecule has 0 atom stereocenters. The minimum atomic E-state index is -0.258. The largest absolute Gasteiger partial charge is 0.314 e. The van der Waals surface area contributed by atoms with Crippen LogP contribution in [0.2, 0.25) is 0 Å². The summed E-state index contributed by atoms with van der Waals surface area (Å²) in [6, 6.07) is 11.1. The van der Waals surface area contributed by atoms with E-state index in [2.05, 4.69) is 39.3 Å². The first kappa shape index (κ1) is 13.6. The Balaban J connectivity index is 1.68. The molecule has 2 fully saturated rings. The molecule has 3 nitrogen and oxygen atoms in total. The molecule has 1 aromatic rings. The number of piperazine rings is 1. The summed E-state index contributed by atoms with van der Waals surface area (Å²) in [6.07, 6.45) is 4.35. The third-order valence-electron chi connectivity index (χ3n) is 4.98. The van der Waals surface area contributed by atoms with Crippen LogP contribution in [0.3, 0.4) is 0 Å². The number of hydrogen-bond acceptors (Lipinski definition) is 2. The highest BCUT2D eigenvalue weighted by atomic mass is 15.2. The van der Waals surface area contributed by atoms with Crippen LogP contribution >= 0.6 is 0 Å². The van der Waals surface area contributed by atoms with Gasteiger partial charge in [-0.25, -0.2) is 6.57 Å². The van der Waals surface area contributed by atoms with Crippen molar-refractivity contribution >= 4 is 0 Å². The van der Waals surface area contributed by atoms with Gasteiger partial charge in [0, 0.05) is 50.6 Å². The van der Waals surface area contributed by atoms with Crippen LogP contribution in [0.1, 0.15) is 31.2 Å². The van der Waals surface area contributed by atoms with Crippen LogP contribution < -0.4 is 5.32 Å². The molecule has 1 aliphatic heterocycles. The Kier molecular flexibility index (Phi) is 4.05. The van der Waals surface area contributed by atoms with E-state index in [1.54, 1.807) is 0 Å². The number of benzene rings is 1. The highest BCUT2D eigenvalue weighted by Crippen LogP contribution is 2.41. The minimum Gasteiger partial charge on any atom is -0.314 e. The van der Waals surface area contributed by atoms with Crippen LogP contribution in [-0.4, -0.2) is 37.1 Å². The van der Waals surface area contributed by atoms with Crippen molar-refractivity contribution in [1.82, 2.24) is 10.2 Å². The van der Waals surface area contributed by atoms with E-state index in [9.17, 15) is 0 Å². The third kappa shape index (κ3) is 2.59. The molecule has 1 heterocycles. The quantitative estimate of drug-likeness (QED) is 0.833. The first-order valence-corrected chi connectivity index (χ1v) is 7.73. The van der Waals surface area contributed by atoms with E-state index < -0.39 is 0 Å². The van der Waals surface area contributed by atoms with Gasteiger partial charge in [0.2, 0.25) is 0 Å². The van der Waals surface area contributed by atoms with E-state index >= 15 is 0 Å². The zero-order valence-corrected chi connectivity index (χ0v) is 12.0. The third-order valence-corrected chi connectivity index (χ3v) is 4.98. The Morgan fingerprint density at radius 1 is 1.10 bits per heavy atom. The predicted octanol–water partition coefficient (Wildman–Crippen LogP) is 2.65. The summed E-state index contributed by atoms with van der Waals surface area (Å²) in [5.74, 6) is 0. The zero-order chi connectivity index (χ0) is 13.8. The fraction of sp³-hybridized carbons (Fsp3) is 0.588. The molecule has 0 aromatic heterocycles. The predicted molar refractivity (Wildman–Crippen MR) is 81.4 cm³/mol. The molecule has 3 rings (SSSR count). The molecule has 2 aliphatic rings. The zero-order valence-electron chi connectivity index (χ0n) is 12.0. The van der Waals surface area contributed by atoms with E-state index in [1.165, 1.54) is 18.7 Å². The topological polar surface area (TPSA) is 19.6 Å². The molecule has 1 saturated heterocycles. The second kappa shape index (κ2) is 5.95. The van der Waals surface area contributed by atoms with E-state index in [0.29, 0.717) is 6.04 Å². The number of nitrogens with zero attached hydrogens (tertiary/aromatic N) is 2. The molecule has 3 heteroatoms. The fourth-order valence-electron chi connectivity index (χ4n) is 3.71. The number of nitrogens with one attached hydrogen (secondary N) is 1. The Labute approximate surface area is 121 Å². The average Bonchev–Trinajstić information content (AvgIpc) is 2.56. The Bertz CT molecular complexity index is 463. The summed E-state index contributed by atoms with van der Waals surface area (Å²) in [6.45, 7) is 12.3. The monoisotopic (exact) mass is 269 g/mol. The van der Waals surface area contributed by atoms with Gasteiger partial charge in [-0.15, -0.1) is 0 Å². The summed E-state index contributed by atoms with van der Waals surface area (Å²) >= 11 is 0. The number of rotatable bonds is 2. The Morgan fingerprint density at radius 2 is 1.75 bits per heavy atom. The number of hydrogen-bond donors (Lipinski definition) is 1. The smallest absolute Gasteiger partial charge is 0.257 e. The lowest BCUT2D eigenvalue weighted by Gasteiger charge is -2.40. The standard InChI is InChI=1S/C17H23N3/c1-18-17(15-5-3-2-4-6-15)9-7-16(8-10-17)20-13-11-19-12-14-20/h2-6,16,19H,7-14H2. The maximum Gasteiger partial charge on any atom is 0.257 e. The molecule has 1 N–H and O–H groups in total. The van der Waals surface area contributed by atoms with Gasteiger partial charge in [0.25, 0.3) is 5.54 Å². The van der Waals surface area contributed by atoms with Gasteiger partial charge in [0.15, 0.2) is 0 Å². The highest BCUT2D eigenvalue weighted by Gasteiger charge is 2.43. The highest BCUT2D eigenvalue weighted by molar-refractivity contribution is 5.29. The van der Waals surface area contributed by atoms with Crippen molar-refractivity contribution < 1.29 is 0 Å². The van der Waals surface area contributed by atoms with E-state index in [1.807, 2.05) is 6.07 Å². The summed E-state index contributed by atoms with van der Waals surface area (Å²) in [4.78, 5) is 6.67. The maximum atomic E-state index is 7.69. The van der Waals surface area contributed by atoms with E-state index in [4.69, 9.17) is 6.57 Å². The van der Waals surface area contributed by atoms with E-state index in [0.717, 1.165) is 38.8 Å². The van der Waals surface area contributed by atoms with Gasteiger partial charge in [-0.1, -0.05) is 30.3 Å². The maximum absolute atomic E-state index is 7.69. The lowest BCUT2D eigenvalue weighted by Crippen LogP contribution is -2.50. The summed E-state index contributed by atoms with van der Waals surface area (Å²) in [7, 11) is 0. The second-order valence-electron chi connectivity index (χ2n) is 6.03. The summed E-state index contributed by atoms with van der Waals surface area (Å²) in [5.41, 5.74) is 0.958. The van der Waals surface area contributed by atoms with Crippen LogP contribution in [0.25, 0.3) is 4.85 Å². The molecule has 0 unspecified atom stereocenters. The molecular weight excluding hydrogens is 246 g/mol. The van der Waals surface area contributed by atoms with Crippen molar-refractivity contribution in [2.24, 2.45) is 0 Å². The Morgan fingerprint density at radius 3 is 2.35 bits per heavy atom. The lowest BCUT2D eigenvalue weighted by atomic mass is 9.75. The first-order valence-electron chi connectivity index (χ1n) is 7.73. The summed E-state index contributed by atoms with van der Waals surface area (Å²) in [5, 5.41) is 3.42. The molecule has 0 spiro atoms. The van der Waals surface area contributed by atoms with Crippen LogP contribution in [0, 0.1) is 6.57 Å². The Hall–Kier alpha value is -1.37. The van der Waals surface area contributed by atoms with Gasteiger partial charge in [0.05, 0.1) is 0 Å². The van der Waals surface area contributed by atoms with Crippen LogP contribution in [-0.2, 0) is 5.54 Å². The second-order valence-corrected chi connectivity index (χ2v) is 6.03. The van der Waals surface area contributed by atoms with Gasteiger partial charge < -0.3 is 10.2 Å². The van der Waals surface area contributed by atoms with Gasteiger partial charge in [-0.3, -0.25) is 4.90 Å². The van der Waals surface area contributed by atoms with Crippen molar-refractivity contribution in [3.63, 3.8) is 0 Å². The molecule has 0 bridgehead atoms. The van der Waals surface area contributed by atoms with Gasteiger partial charge in [-0.05, 0) is 12.8 Å². The molecule has 20 heavy (non-hydrogen) atoms. The van der Waals surface area contributed by atoms with Gasteiger partial charge in [0.1, 0.15) is 0 Å². The summed E-state index contributed by atoms with van der Waals surface area (Å²) < 4.78 is 0. The van der Waals surface area contributed by atoms with Gasteiger partial charge in [-0.2, -0.15) is 0 Å². The van der Waals surface area contributed by atoms with Crippen molar-refractivity contribution in [1.29, 1.82) is 0 Å². The van der Waals surface area contributed by atoms with Crippen LogP contribution in [0.5, 0.6) is 0 Å². The molecule has 1 aromatic carbocycles. The molecule has 0 radical (unpaired) electrons. The van der Waals surface area contributed by atoms with Crippen LogP contribution in [0.15, 0.2) is 30.3 Å². The molecule has 0 amide bonds. The van der Waals surface area contributed by atoms with Crippen molar-refractivity contribution in [2.75, 3.05) is 26.2 Å². The van der Waals surface area contributed by atoms with Crippen molar-refractivity contribution in [3.05, 3.63) is 47.3 Å². The lowest BCUT2D eigenvalue weighted by molar-refractivity contribution is 0.120. The van der Waals surface area contributed by atoms with Crippen LogP contribution in [0.4, 0.5) is 0 Å². The van der Waals surface area contributed by atoms with E-state index in [-0.39, 0.29) is 5.54 Å². The SMILES string of the molecule is [C-]#[N+]C1(c2ccccc2)CCC(N2CCNCC2)CC1. The fourth-order valence-corrected chi connectivity index (χ4v) is 3.71. The average molecular weight is 269 g/mol. The normalized spacial score (nSPS) is 31.6. The minimum absolute atomic E-state index is 0.258. The van der Waals surface area contributed by atoms with Crippen molar-refractivity contribution in [2.45, 2.75) is 37.3 Å². The molecular formula is C17H23N3. The molecule has 106 valence electrons. The first-order chi connectivity index (χ1) is 9.84.